The summed E-state index contributed by atoms with van der Waals surface area (Å²) in [5.74, 6) is 0. The Morgan fingerprint density at radius 2 is 2.62 bits per heavy atom. The Kier molecular flexibility index (Phi) is 1.81. The van der Waals surface area contributed by atoms with E-state index in [0.29, 0.717) is 5.37 Å². The van der Waals surface area contributed by atoms with E-state index in [1.165, 1.54) is 0 Å². The molecule has 1 heterocycles. The van der Waals surface area contributed by atoms with E-state index in [4.69, 9.17) is 5.73 Å². The minimum atomic E-state index is 0.231. The summed E-state index contributed by atoms with van der Waals surface area (Å²) in [7, 11) is 0. The van der Waals surface area contributed by atoms with Gasteiger partial charge in [0.15, 0.2) is 0 Å². The quantitative estimate of drug-likeness (QED) is 0.542. The largest absolute Gasteiger partial charge is 0.377 e. The molecule has 0 spiro atoms. The van der Waals surface area contributed by atoms with Crippen LogP contribution in [0.15, 0.2) is 11.6 Å². The molecule has 2 unspecified atom stereocenters. The molecule has 2 atom stereocenters. The van der Waals surface area contributed by atoms with Gasteiger partial charge in [0.1, 0.15) is 0 Å². The van der Waals surface area contributed by atoms with Crippen molar-refractivity contribution in [1.29, 1.82) is 0 Å². The maximum atomic E-state index is 5.57. The standard InChI is InChI=1S/C5H10N2S/c1-4(6)5-7-2-3-8-5/h2-5,7H,6H2,1H3. The molecule has 3 heteroatoms. The molecule has 0 saturated carbocycles. The Hall–Kier alpha value is -0.150. The molecule has 1 rings (SSSR count). The zero-order valence-electron chi connectivity index (χ0n) is 4.79. The van der Waals surface area contributed by atoms with Crippen molar-refractivity contribution in [3.8, 4) is 0 Å². The van der Waals surface area contributed by atoms with Crippen LogP contribution >= 0.6 is 11.8 Å². The summed E-state index contributed by atoms with van der Waals surface area (Å²) in [5, 5.41) is 5.53. The molecule has 8 heavy (non-hydrogen) atoms. The summed E-state index contributed by atoms with van der Waals surface area (Å²) in [6, 6.07) is 0.231. The molecule has 0 aromatic heterocycles. The minimum absolute atomic E-state index is 0.231. The molecule has 1 aliphatic heterocycles. The van der Waals surface area contributed by atoms with Gasteiger partial charge in [0.2, 0.25) is 0 Å². The zero-order valence-corrected chi connectivity index (χ0v) is 5.61. The highest BCUT2D eigenvalue weighted by molar-refractivity contribution is 8.02. The molecule has 0 aromatic rings. The average Bonchev–Trinajstić information content (AvgIpc) is 2.12. The number of thioether (sulfide) groups is 1. The van der Waals surface area contributed by atoms with Crippen molar-refractivity contribution < 1.29 is 0 Å². The lowest BCUT2D eigenvalue weighted by molar-refractivity contribution is 0.650. The van der Waals surface area contributed by atoms with Gasteiger partial charge in [-0.15, -0.1) is 11.8 Å². The van der Waals surface area contributed by atoms with Crippen LogP contribution in [0.2, 0.25) is 0 Å². The molecule has 0 aliphatic carbocycles. The summed E-state index contributed by atoms with van der Waals surface area (Å²) in [6.07, 6.45) is 1.93. The molecular formula is C5H10N2S. The SMILES string of the molecule is CC(N)C1NC=CS1. The van der Waals surface area contributed by atoms with Gasteiger partial charge < -0.3 is 11.1 Å². The first-order valence-corrected chi connectivity index (χ1v) is 3.57. The summed E-state index contributed by atoms with van der Waals surface area (Å²) in [5.41, 5.74) is 5.57. The fraction of sp³-hybridized carbons (Fsp3) is 0.600. The highest BCUT2D eigenvalue weighted by Gasteiger charge is 2.13. The van der Waals surface area contributed by atoms with Crippen LogP contribution in [-0.4, -0.2) is 11.4 Å². The third-order valence-corrected chi connectivity index (χ3v) is 2.18. The third kappa shape index (κ3) is 1.17. The molecule has 1 aliphatic rings. The Morgan fingerprint density at radius 1 is 1.88 bits per heavy atom. The van der Waals surface area contributed by atoms with Gasteiger partial charge in [-0.2, -0.15) is 0 Å². The van der Waals surface area contributed by atoms with Crippen LogP contribution in [0.3, 0.4) is 0 Å². The number of rotatable bonds is 1. The molecule has 0 amide bonds. The smallest absolute Gasteiger partial charge is 0.0908 e. The second kappa shape index (κ2) is 2.42. The van der Waals surface area contributed by atoms with Gasteiger partial charge in [-0.1, -0.05) is 0 Å². The summed E-state index contributed by atoms with van der Waals surface area (Å²) >= 11 is 1.73. The molecule has 0 saturated heterocycles. The maximum absolute atomic E-state index is 5.57. The highest BCUT2D eigenvalue weighted by Crippen LogP contribution is 2.16. The van der Waals surface area contributed by atoms with Crippen molar-refractivity contribution in [3.63, 3.8) is 0 Å². The molecule has 0 radical (unpaired) electrons. The van der Waals surface area contributed by atoms with Crippen LogP contribution in [0, 0.1) is 0 Å². The van der Waals surface area contributed by atoms with Crippen molar-refractivity contribution in [2.75, 3.05) is 0 Å². The number of nitrogens with two attached hydrogens (primary N) is 1. The molecular weight excluding hydrogens is 120 g/mol. The topological polar surface area (TPSA) is 38.0 Å². The first kappa shape index (κ1) is 5.98. The Morgan fingerprint density at radius 3 is 2.88 bits per heavy atom. The van der Waals surface area contributed by atoms with Crippen molar-refractivity contribution in [1.82, 2.24) is 5.32 Å². The van der Waals surface area contributed by atoms with Gasteiger partial charge >= 0.3 is 0 Å². The number of hydrogen-bond donors (Lipinski definition) is 2. The maximum Gasteiger partial charge on any atom is 0.0908 e. The molecule has 0 bridgehead atoms. The normalized spacial score (nSPS) is 30.0. The van der Waals surface area contributed by atoms with E-state index in [9.17, 15) is 0 Å². The number of nitrogens with one attached hydrogen (secondary N) is 1. The molecule has 0 fully saturated rings. The summed E-state index contributed by atoms with van der Waals surface area (Å²) in [6.45, 7) is 2.00. The van der Waals surface area contributed by atoms with Crippen LogP contribution in [0.4, 0.5) is 0 Å². The van der Waals surface area contributed by atoms with Crippen LogP contribution in [0.1, 0.15) is 6.92 Å². The fourth-order valence-electron chi connectivity index (χ4n) is 0.573. The Bertz CT molecular complexity index is 92.6. The van der Waals surface area contributed by atoms with Gasteiger partial charge in [-0.3, -0.25) is 0 Å². The predicted octanol–water partition coefficient (Wildman–Crippen LogP) is 0.467. The van der Waals surface area contributed by atoms with E-state index in [1.54, 1.807) is 11.8 Å². The van der Waals surface area contributed by atoms with E-state index in [2.05, 4.69) is 5.32 Å². The van der Waals surface area contributed by atoms with Gasteiger partial charge in [0.05, 0.1) is 5.37 Å². The highest BCUT2D eigenvalue weighted by atomic mass is 32.2. The van der Waals surface area contributed by atoms with Crippen LogP contribution in [-0.2, 0) is 0 Å². The predicted molar refractivity (Wildman–Crippen MR) is 37.3 cm³/mol. The van der Waals surface area contributed by atoms with Crippen LogP contribution in [0.5, 0.6) is 0 Å². The lowest BCUT2D eigenvalue weighted by Crippen LogP contribution is -2.35. The molecule has 3 N–H and O–H groups in total. The van der Waals surface area contributed by atoms with E-state index in [1.807, 2.05) is 18.5 Å². The van der Waals surface area contributed by atoms with E-state index in [0.717, 1.165) is 0 Å². The van der Waals surface area contributed by atoms with E-state index < -0.39 is 0 Å². The first-order chi connectivity index (χ1) is 3.80. The molecule has 2 nitrogen and oxygen atoms in total. The van der Waals surface area contributed by atoms with Gasteiger partial charge in [-0.25, -0.2) is 0 Å². The van der Waals surface area contributed by atoms with Crippen LogP contribution in [0.25, 0.3) is 0 Å². The Balaban J connectivity index is 2.29. The fourth-order valence-corrected chi connectivity index (χ4v) is 1.30. The third-order valence-electron chi connectivity index (χ3n) is 1.03. The monoisotopic (exact) mass is 130 g/mol. The Labute approximate surface area is 53.5 Å². The van der Waals surface area contributed by atoms with Crippen molar-refractivity contribution in [2.45, 2.75) is 18.3 Å². The minimum Gasteiger partial charge on any atom is -0.377 e. The summed E-state index contributed by atoms with van der Waals surface area (Å²) < 4.78 is 0. The number of hydrogen-bond acceptors (Lipinski definition) is 3. The molecule has 0 aromatic carbocycles. The van der Waals surface area contributed by atoms with Gasteiger partial charge in [0, 0.05) is 12.2 Å². The van der Waals surface area contributed by atoms with Crippen molar-refractivity contribution >= 4 is 11.8 Å². The van der Waals surface area contributed by atoms with E-state index >= 15 is 0 Å². The van der Waals surface area contributed by atoms with E-state index in [-0.39, 0.29) is 6.04 Å². The first-order valence-electron chi connectivity index (χ1n) is 2.63. The lowest BCUT2D eigenvalue weighted by Gasteiger charge is -2.12. The van der Waals surface area contributed by atoms with Crippen molar-refractivity contribution in [3.05, 3.63) is 11.6 Å². The van der Waals surface area contributed by atoms with Gasteiger partial charge in [0.25, 0.3) is 0 Å². The lowest BCUT2D eigenvalue weighted by atomic mass is 10.4. The van der Waals surface area contributed by atoms with Crippen LogP contribution < -0.4 is 11.1 Å². The average molecular weight is 130 g/mol. The summed E-state index contributed by atoms with van der Waals surface area (Å²) in [4.78, 5) is 0. The van der Waals surface area contributed by atoms with Crippen molar-refractivity contribution in [2.24, 2.45) is 5.73 Å². The second-order valence-electron chi connectivity index (χ2n) is 1.89. The second-order valence-corrected chi connectivity index (χ2v) is 2.94. The molecule has 46 valence electrons. The zero-order chi connectivity index (χ0) is 5.98. The van der Waals surface area contributed by atoms with Gasteiger partial charge in [-0.05, 0) is 12.3 Å².